The predicted molar refractivity (Wildman–Crippen MR) is 171 cm³/mol. The number of benzene rings is 2. The average Bonchev–Trinajstić information content (AvgIpc) is 3.49. The molecular weight excluding hydrogens is 556 g/mol. The largest absolute Gasteiger partial charge is 0.497 e. The zero-order chi connectivity index (χ0) is 31.9. The maximum Gasteiger partial charge on any atom is 0.253 e. The van der Waals surface area contributed by atoms with Crippen LogP contribution in [-0.4, -0.2) is 64.0 Å². The first-order chi connectivity index (χ1) is 20.9. The Labute approximate surface area is 260 Å². The minimum Gasteiger partial charge on any atom is -0.497 e. The summed E-state index contributed by atoms with van der Waals surface area (Å²) in [6.07, 6.45) is 7.00. The Morgan fingerprint density at radius 2 is 1.70 bits per heavy atom. The Morgan fingerprint density at radius 1 is 1.05 bits per heavy atom. The normalized spacial score (nSPS) is 16.1. The summed E-state index contributed by atoms with van der Waals surface area (Å²) in [5, 5.41) is 5.68. The highest BCUT2D eigenvalue weighted by Crippen LogP contribution is 2.32. The second kappa shape index (κ2) is 14.1. The molecule has 3 aromatic rings. The highest BCUT2D eigenvalue weighted by Gasteiger charge is 2.41. The van der Waals surface area contributed by atoms with Gasteiger partial charge in [0.2, 0.25) is 11.8 Å². The number of nitrogens with one attached hydrogen (secondary N) is 2. The van der Waals surface area contributed by atoms with Crippen molar-refractivity contribution in [3.05, 3.63) is 78.2 Å². The zero-order valence-electron chi connectivity index (χ0n) is 26.5. The molecule has 10 heteroatoms. The van der Waals surface area contributed by atoms with Crippen LogP contribution in [0.15, 0.2) is 67.1 Å². The van der Waals surface area contributed by atoms with E-state index in [9.17, 15) is 14.4 Å². The van der Waals surface area contributed by atoms with Gasteiger partial charge in [0.05, 0.1) is 19.0 Å². The maximum atomic E-state index is 14.2. The monoisotopic (exact) mass is 602 g/mol. The molecule has 2 atom stereocenters. The number of nitrogens with two attached hydrogens (primary N) is 1. The number of methoxy groups -OCH3 is 1. The summed E-state index contributed by atoms with van der Waals surface area (Å²) in [4.78, 5) is 46.8. The van der Waals surface area contributed by atoms with Gasteiger partial charge in [-0.1, -0.05) is 49.4 Å². The first kappa shape index (κ1) is 32.7. The molecule has 0 spiro atoms. The molecular formula is C34H46N6O4. The van der Waals surface area contributed by atoms with Gasteiger partial charge in [-0.25, -0.2) is 4.98 Å². The van der Waals surface area contributed by atoms with E-state index in [1.807, 2.05) is 66.4 Å². The summed E-state index contributed by atoms with van der Waals surface area (Å²) in [6.45, 7) is 8.66. The molecule has 2 heterocycles. The third kappa shape index (κ3) is 7.85. The van der Waals surface area contributed by atoms with E-state index in [4.69, 9.17) is 10.5 Å². The van der Waals surface area contributed by atoms with Crippen molar-refractivity contribution in [1.29, 1.82) is 0 Å². The van der Waals surface area contributed by atoms with Gasteiger partial charge in [-0.3, -0.25) is 14.4 Å². The van der Waals surface area contributed by atoms with Crippen LogP contribution in [0.1, 0.15) is 64.5 Å². The number of hydrogen-bond donors (Lipinski definition) is 3. The van der Waals surface area contributed by atoms with E-state index in [0.29, 0.717) is 37.6 Å². The van der Waals surface area contributed by atoms with E-state index < -0.39 is 28.9 Å². The number of rotatable bonds is 12. The number of ether oxygens (including phenoxy) is 1. The lowest BCUT2D eigenvalue weighted by atomic mass is 9.88. The summed E-state index contributed by atoms with van der Waals surface area (Å²) in [7, 11) is 1.60. The highest BCUT2D eigenvalue weighted by atomic mass is 16.5. The van der Waals surface area contributed by atoms with Crippen LogP contribution >= 0.6 is 0 Å². The molecule has 2 aromatic carbocycles. The molecule has 0 bridgehead atoms. The lowest BCUT2D eigenvalue weighted by Gasteiger charge is -2.39. The molecule has 0 saturated carbocycles. The molecule has 4 rings (SSSR count). The van der Waals surface area contributed by atoms with E-state index in [1.165, 1.54) is 0 Å². The van der Waals surface area contributed by atoms with Crippen molar-refractivity contribution >= 4 is 23.5 Å². The number of carbonyl (C=O) groups is 3. The number of hydrogen-bond acceptors (Lipinski definition) is 6. The lowest BCUT2D eigenvalue weighted by Crippen LogP contribution is -2.54. The number of nitrogens with zero attached hydrogens (tertiary/aromatic N) is 3. The Hall–Kier alpha value is -4.18. The van der Waals surface area contributed by atoms with E-state index in [1.54, 1.807) is 38.0 Å². The van der Waals surface area contributed by atoms with E-state index in [2.05, 4.69) is 22.5 Å². The first-order valence-corrected chi connectivity index (χ1v) is 15.3. The van der Waals surface area contributed by atoms with Crippen molar-refractivity contribution in [3.8, 4) is 5.75 Å². The molecule has 3 amide bonds. The quantitative estimate of drug-likeness (QED) is 0.286. The molecule has 2 unspecified atom stereocenters. The molecule has 10 nitrogen and oxygen atoms in total. The molecule has 1 aromatic heterocycles. The fourth-order valence-corrected chi connectivity index (χ4v) is 5.43. The van der Waals surface area contributed by atoms with Crippen LogP contribution in [0.2, 0.25) is 0 Å². The lowest BCUT2D eigenvalue weighted by molar-refractivity contribution is -0.139. The number of carbonyl (C=O) groups excluding carboxylic acids is 3. The van der Waals surface area contributed by atoms with Gasteiger partial charge in [0, 0.05) is 19.3 Å². The van der Waals surface area contributed by atoms with Gasteiger partial charge in [-0.15, -0.1) is 0 Å². The van der Waals surface area contributed by atoms with Crippen LogP contribution in [0.25, 0.3) is 0 Å². The molecule has 4 N–H and O–H groups in total. The maximum absolute atomic E-state index is 14.2. The van der Waals surface area contributed by atoms with Crippen molar-refractivity contribution in [2.75, 3.05) is 25.5 Å². The predicted octanol–water partition coefficient (Wildman–Crippen LogP) is 4.10. The summed E-state index contributed by atoms with van der Waals surface area (Å²) >= 11 is 0. The number of piperidine rings is 1. The molecule has 0 aliphatic carbocycles. The van der Waals surface area contributed by atoms with E-state index in [0.717, 1.165) is 30.4 Å². The Bertz CT molecular complexity index is 1410. The molecule has 1 aliphatic rings. The third-order valence-corrected chi connectivity index (χ3v) is 8.50. The van der Waals surface area contributed by atoms with Crippen LogP contribution in [0.4, 0.5) is 5.82 Å². The standard InChI is InChI=1S/C34H46N6O4/c1-24-18-20-39(21-19-24)32(43)34(4,26-14-16-27(44-5)17-15-26)40-22-29(36-23-40)38-30(41)28(37-31(42)33(2,3)35)13-9-12-25-10-7-6-8-11-25/h6-8,10-11,14-17,22-24,28H,9,12-13,18-21,35H2,1-5H3,(H,37,42)(H,38,41). The van der Waals surface area contributed by atoms with Crippen LogP contribution < -0.4 is 21.1 Å². The highest BCUT2D eigenvalue weighted by molar-refractivity contribution is 5.98. The minimum atomic E-state index is -1.15. The van der Waals surface area contributed by atoms with Gasteiger partial charge in [0.15, 0.2) is 5.82 Å². The van der Waals surface area contributed by atoms with E-state index in [-0.39, 0.29) is 11.7 Å². The first-order valence-electron chi connectivity index (χ1n) is 15.3. The van der Waals surface area contributed by atoms with Crippen LogP contribution in [0, 0.1) is 5.92 Å². The van der Waals surface area contributed by atoms with Gasteiger partial charge in [-0.2, -0.15) is 0 Å². The summed E-state index contributed by atoms with van der Waals surface area (Å²) in [5.74, 6) is 0.687. The fraction of sp³-hybridized carbons (Fsp3) is 0.471. The fourth-order valence-electron chi connectivity index (χ4n) is 5.43. The summed E-state index contributed by atoms with van der Waals surface area (Å²) < 4.78 is 7.09. The van der Waals surface area contributed by atoms with Gasteiger partial charge >= 0.3 is 0 Å². The Kier molecular flexibility index (Phi) is 10.5. The second-order valence-electron chi connectivity index (χ2n) is 12.6. The number of aryl methyl sites for hydroxylation is 1. The molecule has 44 heavy (non-hydrogen) atoms. The van der Waals surface area contributed by atoms with Crippen molar-refractivity contribution in [2.45, 2.75) is 76.9 Å². The Balaban J connectivity index is 1.56. The third-order valence-electron chi connectivity index (χ3n) is 8.50. The second-order valence-corrected chi connectivity index (χ2v) is 12.6. The SMILES string of the molecule is COc1ccc(C(C)(C(=O)N2CCC(C)CC2)n2cnc(NC(=O)C(CCCc3ccccc3)NC(=O)C(C)(C)N)c2)cc1. The zero-order valence-corrected chi connectivity index (χ0v) is 26.5. The van der Waals surface area contributed by atoms with Crippen LogP contribution in [0.3, 0.4) is 0 Å². The summed E-state index contributed by atoms with van der Waals surface area (Å²) in [6, 6.07) is 16.6. The van der Waals surface area contributed by atoms with Crippen molar-refractivity contribution < 1.29 is 19.1 Å². The number of aromatic nitrogens is 2. The number of imidazole rings is 1. The van der Waals surface area contributed by atoms with Gasteiger partial charge in [-0.05, 0) is 82.1 Å². The van der Waals surface area contributed by atoms with Gasteiger partial charge in [0.25, 0.3) is 5.91 Å². The summed E-state index contributed by atoms with van der Waals surface area (Å²) in [5.41, 5.74) is 5.68. The minimum absolute atomic E-state index is 0.0407. The van der Waals surface area contributed by atoms with Crippen molar-refractivity contribution in [2.24, 2.45) is 11.7 Å². The topological polar surface area (TPSA) is 132 Å². The van der Waals surface area contributed by atoms with Crippen molar-refractivity contribution in [3.63, 3.8) is 0 Å². The molecule has 1 fully saturated rings. The molecule has 236 valence electrons. The average molecular weight is 603 g/mol. The van der Waals surface area contributed by atoms with Gasteiger partial charge in [0.1, 0.15) is 17.3 Å². The van der Waals surface area contributed by atoms with Crippen LogP contribution in [-0.2, 0) is 26.3 Å². The number of likely N-dealkylation sites (tertiary alicyclic amines) is 1. The molecule has 1 saturated heterocycles. The van der Waals surface area contributed by atoms with E-state index >= 15 is 0 Å². The van der Waals surface area contributed by atoms with Crippen LogP contribution in [0.5, 0.6) is 5.75 Å². The number of amides is 3. The smallest absolute Gasteiger partial charge is 0.253 e. The molecule has 1 aliphatic heterocycles. The Morgan fingerprint density at radius 3 is 2.32 bits per heavy atom. The number of anilines is 1. The van der Waals surface area contributed by atoms with Crippen molar-refractivity contribution in [1.82, 2.24) is 19.8 Å². The molecule has 0 radical (unpaired) electrons. The van der Waals surface area contributed by atoms with Gasteiger partial charge < -0.3 is 30.6 Å².